The number of aromatic nitrogens is 3. The van der Waals surface area contributed by atoms with Crippen LogP contribution in [-0.2, 0) is 0 Å². The summed E-state index contributed by atoms with van der Waals surface area (Å²) in [6.45, 7) is 4.61. The van der Waals surface area contributed by atoms with Crippen molar-refractivity contribution < 1.29 is 17.9 Å². The molecular formula is C17H18F3N3O. The molecule has 4 nitrogen and oxygen atoms in total. The van der Waals surface area contributed by atoms with Gasteiger partial charge in [-0.3, -0.25) is 0 Å². The number of hydrogen-bond acceptors (Lipinski definition) is 3. The topological polar surface area (TPSA) is 39.4 Å². The first-order chi connectivity index (χ1) is 11.4. The second kappa shape index (κ2) is 7.33. The number of halogens is 3. The summed E-state index contributed by atoms with van der Waals surface area (Å²) >= 11 is 0. The van der Waals surface area contributed by atoms with Crippen LogP contribution in [0.4, 0.5) is 13.2 Å². The highest BCUT2D eigenvalue weighted by Crippen LogP contribution is 2.24. The first-order valence-electron chi connectivity index (χ1n) is 7.52. The zero-order valence-electron chi connectivity index (χ0n) is 13.6. The fraction of sp³-hybridized carbons (Fsp3) is 0.294. The van der Waals surface area contributed by atoms with E-state index in [9.17, 15) is 13.2 Å². The third-order valence-corrected chi connectivity index (χ3v) is 3.17. The number of alkyl halides is 3. The van der Waals surface area contributed by atoms with Crippen LogP contribution in [-0.4, -0.2) is 27.4 Å². The van der Waals surface area contributed by atoms with Crippen molar-refractivity contribution >= 4 is 5.52 Å². The van der Waals surface area contributed by atoms with Crippen molar-refractivity contribution in [2.75, 3.05) is 6.61 Å². The minimum atomic E-state index is -4.37. The minimum absolute atomic E-state index is 0.0531. The van der Waals surface area contributed by atoms with Gasteiger partial charge in [-0.05, 0) is 36.2 Å². The van der Waals surface area contributed by atoms with Gasteiger partial charge in [0.15, 0.2) is 6.61 Å². The Morgan fingerprint density at radius 3 is 2.46 bits per heavy atom. The van der Waals surface area contributed by atoms with Crippen molar-refractivity contribution in [3.05, 3.63) is 48.4 Å². The Morgan fingerprint density at radius 2 is 1.83 bits per heavy atom. The van der Waals surface area contributed by atoms with E-state index in [2.05, 4.69) is 14.8 Å². The second-order valence-corrected chi connectivity index (χ2v) is 4.86. The maximum absolute atomic E-state index is 12.1. The molecule has 128 valence electrons. The lowest BCUT2D eigenvalue weighted by Gasteiger charge is -2.09. The predicted molar refractivity (Wildman–Crippen MR) is 86.1 cm³/mol. The van der Waals surface area contributed by atoms with Crippen molar-refractivity contribution in [1.29, 1.82) is 0 Å². The average Bonchev–Trinajstić information content (AvgIpc) is 2.95. The lowest BCUT2D eigenvalue weighted by molar-refractivity contribution is -0.154. The molecule has 0 bridgehead atoms. The molecular weight excluding hydrogens is 319 g/mol. The van der Waals surface area contributed by atoms with Crippen LogP contribution >= 0.6 is 0 Å². The Labute approximate surface area is 137 Å². The summed E-state index contributed by atoms with van der Waals surface area (Å²) in [7, 11) is 0. The summed E-state index contributed by atoms with van der Waals surface area (Å²) in [5.41, 5.74) is 3.71. The zero-order chi connectivity index (χ0) is 17.7. The summed E-state index contributed by atoms with van der Waals surface area (Å²) in [6, 6.07) is 6.92. The van der Waals surface area contributed by atoms with E-state index in [-0.39, 0.29) is 5.88 Å². The first-order valence-corrected chi connectivity index (χ1v) is 7.52. The molecule has 3 heterocycles. The maximum atomic E-state index is 12.1. The summed E-state index contributed by atoms with van der Waals surface area (Å²) in [4.78, 5) is 3.90. The molecule has 3 aromatic rings. The molecule has 0 aliphatic rings. The molecule has 0 radical (unpaired) electrons. The van der Waals surface area contributed by atoms with Gasteiger partial charge < -0.3 is 4.74 Å². The molecule has 0 saturated carbocycles. The Morgan fingerprint density at radius 1 is 1.08 bits per heavy atom. The fourth-order valence-electron chi connectivity index (χ4n) is 2.07. The maximum Gasteiger partial charge on any atom is 0.422 e. The lowest BCUT2D eigenvalue weighted by Crippen LogP contribution is -2.19. The molecule has 7 heteroatoms. The molecule has 0 aromatic carbocycles. The van der Waals surface area contributed by atoms with Crippen LogP contribution in [0.25, 0.3) is 16.6 Å². The predicted octanol–water partition coefficient (Wildman–Crippen LogP) is 4.67. The van der Waals surface area contributed by atoms with E-state index in [1.807, 2.05) is 39.1 Å². The van der Waals surface area contributed by atoms with Gasteiger partial charge in [0.1, 0.15) is 0 Å². The van der Waals surface area contributed by atoms with Gasteiger partial charge >= 0.3 is 6.18 Å². The highest BCUT2D eigenvalue weighted by molar-refractivity contribution is 5.69. The zero-order valence-corrected chi connectivity index (χ0v) is 13.6. The van der Waals surface area contributed by atoms with E-state index < -0.39 is 12.8 Å². The number of nitrogens with zero attached hydrogens (tertiary/aromatic N) is 3. The number of fused-ring (bicyclic) bond motifs is 1. The molecule has 0 spiro atoms. The van der Waals surface area contributed by atoms with Gasteiger partial charge in [0.05, 0.1) is 11.7 Å². The van der Waals surface area contributed by atoms with Crippen LogP contribution in [0.2, 0.25) is 0 Å². The average molecular weight is 337 g/mol. The van der Waals surface area contributed by atoms with Gasteiger partial charge in [0.25, 0.3) is 0 Å². The third-order valence-electron chi connectivity index (χ3n) is 3.17. The summed E-state index contributed by atoms with van der Waals surface area (Å²) in [5.74, 6) is -0.0531. The van der Waals surface area contributed by atoms with Gasteiger partial charge in [0, 0.05) is 24.0 Å². The van der Waals surface area contributed by atoms with Crippen molar-refractivity contribution in [2.45, 2.75) is 26.9 Å². The smallest absolute Gasteiger partial charge is 0.422 e. The number of rotatable bonds is 3. The molecule has 3 aromatic heterocycles. The molecule has 0 N–H and O–H groups in total. The van der Waals surface area contributed by atoms with Crippen molar-refractivity contribution in [3.8, 4) is 17.0 Å². The molecule has 0 aliphatic carbocycles. The SMILES string of the molecule is CC.Cc1cnn2ccc(-c3ccc(OCC(F)(F)F)nc3)cc12. The van der Waals surface area contributed by atoms with Crippen molar-refractivity contribution in [2.24, 2.45) is 0 Å². The summed E-state index contributed by atoms with van der Waals surface area (Å²) in [5, 5.41) is 4.19. The van der Waals surface area contributed by atoms with E-state index >= 15 is 0 Å². The van der Waals surface area contributed by atoms with E-state index in [0.717, 1.165) is 22.2 Å². The molecule has 3 rings (SSSR count). The Balaban J connectivity index is 0.00000100. The van der Waals surface area contributed by atoms with E-state index in [1.165, 1.54) is 12.3 Å². The lowest BCUT2D eigenvalue weighted by atomic mass is 10.1. The van der Waals surface area contributed by atoms with E-state index in [0.29, 0.717) is 0 Å². The van der Waals surface area contributed by atoms with Crippen molar-refractivity contribution in [3.63, 3.8) is 0 Å². The van der Waals surface area contributed by atoms with Crippen LogP contribution in [0.15, 0.2) is 42.9 Å². The number of hydrogen-bond donors (Lipinski definition) is 0. The van der Waals surface area contributed by atoms with Gasteiger partial charge in [0.2, 0.25) is 5.88 Å². The first kappa shape index (κ1) is 17.8. The Hall–Kier alpha value is -2.57. The Kier molecular flexibility index (Phi) is 5.43. The highest BCUT2D eigenvalue weighted by Gasteiger charge is 2.28. The summed E-state index contributed by atoms with van der Waals surface area (Å²) in [6.07, 6.45) is 0.714. The molecule has 0 aliphatic heterocycles. The normalized spacial score (nSPS) is 11.1. The fourth-order valence-corrected chi connectivity index (χ4v) is 2.07. The standard InChI is InChI=1S/C15H12F3N3O.C2H6/c1-10-7-20-21-5-4-11(6-13(10)21)12-2-3-14(19-8-12)22-9-15(16,17)18;1-2/h2-8H,9H2,1H3;1-2H3. The van der Waals surface area contributed by atoms with Crippen molar-refractivity contribution in [1.82, 2.24) is 14.6 Å². The van der Waals surface area contributed by atoms with Crippen LogP contribution in [0.5, 0.6) is 5.88 Å². The number of ether oxygens (including phenoxy) is 1. The third kappa shape index (κ3) is 4.24. The molecule has 0 amide bonds. The van der Waals surface area contributed by atoms with E-state index in [1.54, 1.807) is 16.8 Å². The second-order valence-electron chi connectivity index (χ2n) is 4.86. The van der Waals surface area contributed by atoms with Crippen LogP contribution in [0.3, 0.4) is 0 Å². The number of aryl methyl sites for hydroxylation is 1. The molecule has 0 fully saturated rings. The van der Waals surface area contributed by atoms with Gasteiger partial charge in [-0.2, -0.15) is 18.3 Å². The van der Waals surface area contributed by atoms with Crippen LogP contribution in [0.1, 0.15) is 19.4 Å². The van der Waals surface area contributed by atoms with Crippen LogP contribution < -0.4 is 4.74 Å². The molecule has 24 heavy (non-hydrogen) atoms. The van der Waals surface area contributed by atoms with Gasteiger partial charge in [-0.1, -0.05) is 13.8 Å². The molecule has 0 saturated heterocycles. The molecule has 0 atom stereocenters. The molecule has 0 unspecified atom stereocenters. The monoisotopic (exact) mass is 337 g/mol. The van der Waals surface area contributed by atoms with Gasteiger partial charge in [-0.25, -0.2) is 9.50 Å². The summed E-state index contributed by atoms with van der Waals surface area (Å²) < 4.78 is 42.6. The minimum Gasteiger partial charge on any atom is -0.468 e. The van der Waals surface area contributed by atoms with Gasteiger partial charge in [-0.15, -0.1) is 0 Å². The van der Waals surface area contributed by atoms with E-state index in [4.69, 9.17) is 0 Å². The number of pyridine rings is 2. The van der Waals surface area contributed by atoms with Crippen LogP contribution in [0, 0.1) is 6.92 Å². The largest absolute Gasteiger partial charge is 0.468 e. The Bertz CT molecular complexity index is 795. The highest BCUT2D eigenvalue weighted by atomic mass is 19.4. The quantitative estimate of drug-likeness (QED) is 0.697.